The van der Waals surface area contributed by atoms with Crippen LogP contribution < -0.4 is 10.6 Å². The van der Waals surface area contributed by atoms with Gasteiger partial charge in [0.1, 0.15) is 11.8 Å². The van der Waals surface area contributed by atoms with Gasteiger partial charge in [0.25, 0.3) is 0 Å². The molecule has 1 saturated heterocycles. The average Bonchev–Trinajstić information content (AvgIpc) is 2.33. The van der Waals surface area contributed by atoms with E-state index in [0.717, 1.165) is 0 Å². The van der Waals surface area contributed by atoms with Crippen LogP contribution in [-0.4, -0.2) is 44.6 Å². The third-order valence-corrected chi connectivity index (χ3v) is 2.42. The summed E-state index contributed by atoms with van der Waals surface area (Å²) in [5.74, 6) is -0.414. The molecule has 7 heteroatoms. The summed E-state index contributed by atoms with van der Waals surface area (Å²) in [5, 5.41) is 4.99. The number of carbonyl (C=O) groups is 3. The molecule has 0 aliphatic carbocycles. The molecule has 1 fully saturated rings. The van der Waals surface area contributed by atoms with Crippen LogP contribution in [0.1, 0.15) is 6.42 Å². The highest BCUT2D eigenvalue weighted by atomic mass is 16.5. The Morgan fingerprint density at radius 1 is 1.47 bits per heavy atom. The van der Waals surface area contributed by atoms with Crippen molar-refractivity contribution in [2.75, 3.05) is 14.2 Å². The maximum Gasteiger partial charge on any atom is 0.333 e. The van der Waals surface area contributed by atoms with E-state index in [4.69, 9.17) is 4.74 Å². The first-order chi connectivity index (χ1) is 8.12. The number of ether oxygens (including phenoxy) is 2. The number of rotatable bonds is 6. The van der Waals surface area contributed by atoms with Gasteiger partial charge in [-0.3, -0.25) is 9.59 Å². The quantitative estimate of drug-likeness (QED) is 0.198. The van der Waals surface area contributed by atoms with Crippen LogP contribution in [0.4, 0.5) is 0 Å². The summed E-state index contributed by atoms with van der Waals surface area (Å²) in [6.45, 7) is 0. The van der Waals surface area contributed by atoms with Crippen LogP contribution in [0.3, 0.4) is 0 Å². The van der Waals surface area contributed by atoms with Gasteiger partial charge in [-0.2, -0.15) is 0 Å². The molecule has 0 aromatic carbocycles. The number of β-lactam (4-membered cyclic amide) rings is 1. The molecule has 1 heterocycles. The van der Waals surface area contributed by atoms with E-state index in [9.17, 15) is 14.4 Å². The van der Waals surface area contributed by atoms with E-state index >= 15 is 0 Å². The fraction of sp³-hybridized carbons (Fsp3) is 0.500. The van der Waals surface area contributed by atoms with Gasteiger partial charge < -0.3 is 20.1 Å². The number of carbonyl (C=O) groups excluding carboxylic acids is 3. The fourth-order valence-electron chi connectivity index (χ4n) is 1.48. The minimum absolute atomic E-state index is 0.254. The number of esters is 1. The van der Waals surface area contributed by atoms with Crippen LogP contribution >= 0.6 is 0 Å². The fourth-order valence-corrected chi connectivity index (χ4v) is 1.48. The van der Waals surface area contributed by atoms with E-state index in [1.54, 1.807) is 0 Å². The first kappa shape index (κ1) is 13.0. The Bertz CT molecular complexity index is 353. The van der Waals surface area contributed by atoms with Crippen molar-refractivity contribution in [1.29, 1.82) is 0 Å². The highest BCUT2D eigenvalue weighted by Gasteiger charge is 2.39. The molecular formula is C10H14N2O5. The monoisotopic (exact) mass is 242 g/mol. The Morgan fingerprint density at radius 3 is 2.65 bits per heavy atom. The number of hydrogen-bond donors (Lipinski definition) is 2. The molecule has 0 aromatic heterocycles. The van der Waals surface area contributed by atoms with Gasteiger partial charge in [0.05, 0.1) is 26.3 Å². The maximum atomic E-state index is 11.1. The molecule has 17 heavy (non-hydrogen) atoms. The van der Waals surface area contributed by atoms with E-state index < -0.39 is 12.0 Å². The zero-order valence-electron chi connectivity index (χ0n) is 9.56. The predicted octanol–water partition coefficient (Wildman–Crippen LogP) is -1.31. The van der Waals surface area contributed by atoms with Crippen molar-refractivity contribution in [3.05, 3.63) is 11.8 Å². The van der Waals surface area contributed by atoms with Crippen LogP contribution in [0.15, 0.2) is 11.8 Å². The molecule has 1 aliphatic rings. The average molecular weight is 242 g/mol. The molecule has 0 spiro atoms. The highest BCUT2D eigenvalue weighted by molar-refractivity contribution is 5.91. The van der Waals surface area contributed by atoms with Crippen LogP contribution in [0.25, 0.3) is 0 Å². The zero-order valence-corrected chi connectivity index (χ0v) is 9.56. The molecule has 0 radical (unpaired) electrons. The summed E-state index contributed by atoms with van der Waals surface area (Å²) >= 11 is 0. The van der Waals surface area contributed by atoms with Gasteiger partial charge in [-0.15, -0.1) is 0 Å². The SMILES string of the molecule is COC(=O)/C=C(/C[C@H]1NC(=O)[C@@H]1NC=O)OC. The molecule has 2 atom stereocenters. The normalized spacial score (nSPS) is 23.2. The molecular weight excluding hydrogens is 228 g/mol. The molecule has 7 nitrogen and oxygen atoms in total. The predicted molar refractivity (Wildman–Crippen MR) is 56.6 cm³/mol. The summed E-state index contributed by atoms with van der Waals surface area (Å²) in [5.41, 5.74) is 0. The molecule has 0 unspecified atom stereocenters. The first-order valence-corrected chi connectivity index (χ1v) is 4.95. The topological polar surface area (TPSA) is 93.7 Å². The van der Waals surface area contributed by atoms with Gasteiger partial charge in [-0.1, -0.05) is 0 Å². The standard InChI is InChI=1S/C10H14N2O5/c1-16-6(4-8(14)17-2)3-7-9(11-5-13)10(15)12-7/h4-5,7,9H,3H2,1-2H3,(H,11,13)(H,12,15)/b6-4-/t7-,9-/m1/s1. The maximum absolute atomic E-state index is 11.1. The summed E-state index contributed by atoms with van der Waals surface area (Å²) in [6, 6.07) is -0.854. The second-order valence-electron chi connectivity index (χ2n) is 3.42. The lowest BCUT2D eigenvalue weighted by atomic mass is 9.95. The van der Waals surface area contributed by atoms with Crippen molar-refractivity contribution in [2.45, 2.75) is 18.5 Å². The van der Waals surface area contributed by atoms with E-state index in [1.165, 1.54) is 20.3 Å². The Labute approximate surface area is 98.1 Å². The minimum Gasteiger partial charge on any atom is -0.501 e. The summed E-state index contributed by atoms with van der Waals surface area (Å²) in [7, 11) is 2.67. The smallest absolute Gasteiger partial charge is 0.333 e. The van der Waals surface area contributed by atoms with E-state index in [2.05, 4.69) is 15.4 Å². The Morgan fingerprint density at radius 2 is 2.18 bits per heavy atom. The molecule has 2 amide bonds. The van der Waals surface area contributed by atoms with Crippen molar-refractivity contribution < 1.29 is 23.9 Å². The van der Waals surface area contributed by atoms with Crippen LogP contribution in [0.5, 0.6) is 0 Å². The lowest BCUT2D eigenvalue weighted by Crippen LogP contribution is -2.68. The van der Waals surface area contributed by atoms with Crippen molar-refractivity contribution in [2.24, 2.45) is 0 Å². The van der Waals surface area contributed by atoms with E-state index in [1.807, 2.05) is 0 Å². The lowest BCUT2D eigenvalue weighted by Gasteiger charge is -2.36. The second kappa shape index (κ2) is 5.88. The number of nitrogens with one attached hydrogen (secondary N) is 2. The molecule has 1 rings (SSSR count). The molecule has 0 aromatic rings. The van der Waals surface area contributed by atoms with Gasteiger partial charge in [-0.05, 0) is 0 Å². The van der Waals surface area contributed by atoms with Gasteiger partial charge in [0.2, 0.25) is 12.3 Å². The summed E-state index contributed by atoms with van der Waals surface area (Å²) < 4.78 is 9.44. The first-order valence-electron chi connectivity index (χ1n) is 4.95. The molecule has 0 saturated carbocycles. The molecule has 94 valence electrons. The molecule has 0 bridgehead atoms. The van der Waals surface area contributed by atoms with E-state index in [-0.39, 0.29) is 11.9 Å². The highest BCUT2D eigenvalue weighted by Crippen LogP contribution is 2.16. The number of methoxy groups -OCH3 is 2. The third kappa shape index (κ3) is 3.20. The van der Waals surface area contributed by atoms with Gasteiger partial charge >= 0.3 is 5.97 Å². The summed E-state index contributed by atoms with van der Waals surface area (Å²) in [6.07, 6.45) is 1.97. The zero-order chi connectivity index (χ0) is 12.8. The van der Waals surface area contributed by atoms with Crippen molar-refractivity contribution in [3.8, 4) is 0 Å². The van der Waals surface area contributed by atoms with Crippen molar-refractivity contribution in [1.82, 2.24) is 10.6 Å². The van der Waals surface area contributed by atoms with Crippen molar-refractivity contribution >= 4 is 18.3 Å². The van der Waals surface area contributed by atoms with E-state index in [0.29, 0.717) is 18.6 Å². The van der Waals surface area contributed by atoms with Crippen LogP contribution in [0.2, 0.25) is 0 Å². The third-order valence-electron chi connectivity index (χ3n) is 2.42. The second-order valence-corrected chi connectivity index (χ2v) is 3.42. The van der Waals surface area contributed by atoms with Gasteiger partial charge in [-0.25, -0.2) is 4.79 Å². The lowest BCUT2D eigenvalue weighted by molar-refractivity contribution is -0.135. The Balaban J connectivity index is 2.57. The van der Waals surface area contributed by atoms with Gasteiger partial charge in [0, 0.05) is 6.42 Å². The Kier molecular flexibility index (Phi) is 4.50. The number of amides is 2. The van der Waals surface area contributed by atoms with Crippen LogP contribution in [0, 0.1) is 0 Å². The Hall–Kier alpha value is -2.05. The summed E-state index contributed by atoms with van der Waals surface area (Å²) in [4.78, 5) is 32.4. The molecule has 2 N–H and O–H groups in total. The number of hydrogen-bond acceptors (Lipinski definition) is 5. The largest absolute Gasteiger partial charge is 0.501 e. The van der Waals surface area contributed by atoms with Crippen molar-refractivity contribution in [3.63, 3.8) is 0 Å². The minimum atomic E-state index is -0.580. The van der Waals surface area contributed by atoms with Gasteiger partial charge in [0.15, 0.2) is 0 Å². The van der Waals surface area contributed by atoms with Crippen LogP contribution in [-0.2, 0) is 23.9 Å². The molecule has 1 aliphatic heterocycles.